The number of benzene rings is 2. The molecule has 2 aromatic carbocycles. The molecule has 0 fully saturated rings. The van der Waals surface area contributed by atoms with E-state index >= 15 is 0 Å². The third-order valence-electron chi connectivity index (χ3n) is 3.76. The van der Waals surface area contributed by atoms with Crippen LogP contribution in [0.15, 0.2) is 59.6 Å². The number of aliphatic imine (C=N–C) groups is 1. The smallest absolute Gasteiger partial charge is 0.185 e. The molecular formula is C20H20N2O2S. The van der Waals surface area contributed by atoms with Crippen LogP contribution in [0, 0.1) is 0 Å². The van der Waals surface area contributed by atoms with Gasteiger partial charge in [-0.25, -0.2) is 0 Å². The number of thioether (sulfide) groups is 1. The lowest BCUT2D eigenvalue weighted by atomic mass is 10.1. The Bertz CT molecular complexity index is 780. The molecule has 0 spiro atoms. The number of ketones is 1. The highest BCUT2D eigenvalue weighted by Gasteiger charge is 2.07. The van der Waals surface area contributed by atoms with E-state index in [2.05, 4.69) is 10.3 Å². The summed E-state index contributed by atoms with van der Waals surface area (Å²) in [5.41, 5.74) is 2.57. The van der Waals surface area contributed by atoms with Crippen molar-refractivity contribution in [1.29, 1.82) is 0 Å². The van der Waals surface area contributed by atoms with Crippen LogP contribution in [0.2, 0.25) is 0 Å². The molecule has 4 nitrogen and oxygen atoms in total. The van der Waals surface area contributed by atoms with Crippen LogP contribution in [0.25, 0.3) is 6.08 Å². The highest BCUT2D eigenvalue weighted by atomic mass is 32.2. The molecule has 0 bridgehead atoms. The quantitative estimate of drug-likeness (QED) is 0.636. The normalized spacial score (nSPS) is 14.2. The third kappa shape index (κ3) is 4.97. The van der Waals surface area contributed by atoms with E-state index in [0.29, 0.717) is 5.56 Å². The van der Waals surface area contributed by atoms with Crippen molar-refractivity contribution in [3.05, 3.63) is 65.7 Å². The minimum absolute atomic E-state index is 0.0215. The van der Waals surface area contributed by atoms with Gasteiger partial charge in [0, 0.05) is 23.5 Å². The van der Waals surface area contributed by atoms with Crippen LogP contribution in [0.1, 0.15) is 22.3 Å². The number of rotatable bonds is 5. The van der Waals surface area contributed by atoms with E-state index in [-0.39, 0.29) is 5.78 Å². The highest BCUT2D eigenvalue weighted by molar-refractivity contribution is 8.14. The fourth-order valence-electron chi connectivity index (χ4n) is 2.36. The number of carbonyl (C=O) groups excluding carboxylic acids is 1. The summed E-state index contributed by atoms with van der Waals surface area (Å²) in [6.45, 7) is 0.877. The van der Waals surface area contributed by atoms with Crippen LogP contribution in [0.4, 0.5) is 5.69 Å². The zero-order valence-corrected chi connectivity index (χ0v) is 14.9. The Balaban J connectivity index is 1.61. The number of hydrogen-bond donors (Lipinski definition) is 1. The average Bonchev–Trinajstić information content (AvgIpc) is 2.68. The van der Waals surface area contributed by atoms with Gasteiger partial charge in [0.05, 0.1) is 7.11 Å². The molecule has 5 heteroatoms. The van der Waals surface area contributed by atoms with Crippen molar-refractivity contribution in [2.45, 2.75) is 6.42 Å². The molecule has 0 saturated heterocycles. The zero-order valence-electron chi connectivity index (χ0n) is 14.1. The minimum Gasteiger partial charge on any atom is -0.497 e. The second kappa shape index (κ2) is 8.53. The van der Waals surface area contributed by atoms with Crippen LogP contribution < -0.4 is 10.1 Å². The molecule has 1 aliphatic rings. The number of ether oxygens (including phenoxy) is 1. The molecule has 1 N–H and O–H groups in total. The number of nitrogens with zero attached hydrogens (tertiary/aromatic N) is 1. The summed E-state index contributed by atoms with van der Waals surface area (Å²) in [6, 6.07) is 15.1. The van der Waals surface area contributed by atoms with Crippen molar-refractivity contribution in [2.75, 3.05) is 24.7 Å². The van der Waals surface area contributed by atoms with Gasteiger partial charge in [-0.2, -0.15) is 0 Å². The Morgan fingerprint density at radius 3 is 2.56 bits per heavy atom. The van der Waals surface area contributed by atoms with Crippen molar-refractivity contribution in [1.82, 2.24) is 0 Å². The summed E-state index contributed by atoms with van der Waals surface area (Å²) >= 11 is 1.73. The molecule has 0 aromatic heterocycles. The lowest BCUT2D eigenvalue weighted by Gasteiger charge is -2.13. The first-order chi connectivity index (χ1) is 12.2. The van der Waals surface area contributed by atoms with E-state index in [4.69, 9.17) is 4.74 Å². The van der Waals surface area contributed by atoms with Crippen molar-refractivity contribution < 1.29 is 9.53 Å². The number of allylic oxidation sites excluding steroid dienone is 1. The summed E-state index contributed by atoms with van der Waals surface area (Å²) < 4.78 is 5.12. The van der Waals surface area contributed by atoms with E-state index in [1.54, 1.807) is 31.0 Å². The molecular weight excluding hydrogens is 332 g/mol. The van der Waals surface area contributed by atoms with Gasteiger partial charge in [-0.05, 0) is 54.5 Å². The molecule has 3 rings (SSSR count). The fourth-order valence-corrected chi connectivity index (χ4v) is 3.20. The lowest BCUT2D eigenvalue weighted by molar-refractivity contribution is 0.104. The highest BCUT2D eigenvalue weighted by Crippen LogP contribution is 2.17. The van der Waals surface area contributed by atoms with Crippen LogP contribution in [-0.2, 0) is 0 Å². The first kappa shape index (κ1) is 17.3. The SMILES string of the molecule is COc1ccc(/C=C/C(=O)c2ccc(NC3=NCCCS3)cc2)cc1. The van der Waals surface area contributed by atoms with E-state index in [1.807, 2.05) is 48.5 Å². The monoisotopic (exact) mass is 352 g/mol. The largest absolute Gasteiger partial charge is 0.497 e. The van der Waals surface area contributed by atoms with Gasteiger partial charge >= 0.3 is 0 Å². The standard InChI is InChI=1S/C20H20N2O2S/c1-24-18-10-3-15(4-11-18)5-12-19(23)16-6-8-17(9-7-16)22-20-21-13-2-14-25-20/h3-12H,2,13-14H2,1H3,(H,21,22)/b12-5+. The average molecular weight is 352 g/mol. The summed E-state index contributed by atoms with van der Waals surface area (Å²) in [6.07, 6.45) is 4.52. The fraction of sp³-hybridized carbons (Fsp3) is 0.200. The van der Waals surface area contributed by atoms with Gasteiger partial charge in [-0.1, -0.05) is 30.0 Å². The Hall–Kier alpha value is -2.53. The third-order valence-corrected chi connectivity index (χ3v) is 4.76. The van der Waals surface area contributed by atoms with Crippen molar-refractivity contribution >= 4 is 34.5 Å². The van der Waals surface area contributed by atoms with Gasteiger partial charge in [0.2, 0.25) is 0 Å². The van der Waals surface area contributed by atoms with E-state index in [0.717, 1.165) is 40.9 Å². The topological polar surface area (TPSA) is 50.7 Å². The zero-order chi connectivity index (χ0) is 17.5. The predicted octanol–water partition coefficient (Wildman–Crippen LogP) is 4.50. The molecule has 0 radical (unpaired) electrons. The van der Waals surface area contributed by atoms with Crippen LogP contribution in [0.3, 0.4) is 0 Å². The number of anilines is 1. The van der Waals surface area contributed by atoms with Crippen molar-refractivity contribution in [2.24, 2.45) is 4.99 Å². The second-order valence-electron chi connectivity index (χ2n) is 5.56. The summed E-state index contributed by atoms with van der Waals surface area (Å²) in [5.74, 6) is 1.87. The summed E-state index contributed by atoms with van der Waals surface area (Å²) in [5, 5.41) is 4.24. The molecule has 0 aliphatic carbocycles. The predicted molar refractivity (Wildman–Crippen MR) is 106 cm³/mol. The molecule has 1 heterocycles. The van der Waals surface area contributed by atoms with Gasteiger partial charge in [0.15, 0.2) is 11.0 Å². The molecule has 0 atom stereocenters. The number of carbonyl (C=O) groups is 1. The van der Waals surface area contributed by atoms with Crippen LogP contribution >= 0.6 is 11.8 Å². The summed E-state index contributed by atoms with van der Waals surface area (Å²) in [7, 11) is 1.63. The number of nitrogens with one attached hydrogen (secondary N) is 1. The maximum Gasteiger partial charge on any atom is 0.185 e. The maximum absolute atomic E-state index is 12.3. The summed E-state index contributed by atoms with van der Waals surface area (Å²) in [4.78, 5) is 16.7. The molecule has 2 aromatic rings. The lowest BCUT2D eigenvalue weighted by Crippen LogP contribution is -2.13. The Morgan fingerprint density at radius 2 is 1.92 bits per heavy atom. The number of hydrogen-bond acceptors (Lipinski definition) is 5. The Kier molecular flexibility index (Phi) is 5.90. The van der Waals surface area contributed by atoms with Crippen molar-refractivity contribution in [3.63, 3.8) is 0 Å². The van der Waals surface area contributed by atoms with E-state index in [9.17, 15) is 4.79 Å². The van der Waals surface area contributed by atoms with Crippen LogP contribution in [0.5, 0.6) is 5.75 Å². The van der Waals surface area contributed by atoms with Crippen molar-refractivity contribution in [3.8, 4) is 5.75 Å². The van der Waals surface area contributed by atoms with E-state index < -0.39 is 0 Å². The van der Waals surface area contributed by atoms with E-state index in [1.165, 1.54) is 0 Å². The minimum atomic E-state index is -0.0215. The Morgan fingerprint density at radius 1 is 1.16 bits per heavy atom. The van der Waals surface area contributed by atoms with Gasteiger partial charge < -0.3 is 10.1 Å². The molecule has 25 heavy (non-hydrogen) atoms. The number of methoxy groups -OCH3 is 1. The Labute approximate surface area is 152 Å². The molecule has 128 valence electrons. The molecule has 0 saturated carbocycles. The molecule has 0 amide bonds. The van der Waals surface area contributed by atoms with Gasteiger partial charge in [-0.15, -0.1) is 0 Å². The van der Waals surface area contributed by atoms with Crippen LogP contribution in [-0.4, -0.2) is 30.4 Å². The molecule has 1 aliphatic heterocycles. The van der Waals surface area contributed by atoms with Gasteiger partial charge in [0.25, 0.3) is 0 Å². The number of amidine groups is 1. The first-order valence-corrected chi connectivity index (χ1v) is 9.14. The molecule has 0 unspecified atom stereocenters. The van der Waals surface area contributed by atoms with Gasteiger partial charge in [0.1, 0.15) is 5.75 Å². The second-order valence-corrected chi connectivity index (χ2v) is 6.65. The van der Waals surface area contributed by atoms with Gasteiger partial charge in [-0.3, -0.25) is 9.79 Å². The maximum atomic E-state index is 12.3. The first-order valence-electron chi connectivity index (χ1n) is 8.15.